The molecule has 2 rings (SSSR count). The average Bonchev–Trinajstić information content (AvgIpc) is 3.06. The summed E-state index contributed by atoms with van der Waals surface area (Å²) in [7, 11) is 1.86. The fourth-order valence-corrected chi connectivity index (χ4v) is 2.48. The zero-order chi connectivity index (χ0) is 18.6. The molecule has 8 heteroatoms. The van der Waals surface area contributed by atoms with Gasteiger partial charge in [-0.15, -0.1) is 0 Å². The second-order valence-corrected chi connectivity index (χ2v) is 6.87. The normalized spacial score (nSPS) is 11.0. The average molecular weight is 343 g/mol. The number of rotatable bonds is 5. The van der Waals surface area contributed by atoms with Crippen molar-refractivity contribution in [1.82, 2.24) is 19.7 Å². The van der Waals surface area contributed by atoms with Crippen molar-refractivity contribution in [2.75, 3.05) is 23.7 Å². The lowest BCUT2D eigenvalue weighted by atomic mass is 10.1. The van der Waals surface area contributed by atoms with Gasteiger partial charge in [-0.25, -0.2) is 4.79 Å². The monoisotopic (exact) mass is 343 g/mol. The van der Waals surface area contributed by atoms with E-state index in [0.29, 0.717) is 24.5 Å². The fraction of sp³-hybridized carbons (Fsp3) is 0.471. The van der Waals surface area contributed by atoms with Gasteiger partial charge in [0, 0.05) is 37.9 Å². The number of nitriles is 1. The van der Waals surface area contributed by atoms with E-state index < -0.39 is 0 Å². The van der Waals surface area contributed by atoms with E-state index in [0.717, 1.165) is 11.5 Å². The molecule has 0 saturated carbocycles. The van der Waals surface area contributed by atoms with E-state index in [-0.39, 0.29) is 11.6 Å². The molecule has 0 radical (unpaired) electrons. The van der Waals surface area contributed by atoms with Gasteiger partial charge in [0.05, 0.1) is 11.3 Å². The molecule has 0 saturated heterocycles. The highest BCUT2D eigenvalue weighted by Gasteiger charge is 2.19. The topological polar surface area (TPSA) is 99.7 Å². The number of nitrogens with zero attached hydrogens (tertiary/aromatic N) is 4. The minimum atomic E-state index is -0.309. The van der Waals surface area contributed by atoms with Crippen LogP contribution in [0.2, 0.25) is 0 Å². The van der Waals surface area contributed by atoms with Crippen molar-refractivity contribution in [3.05, 3.63) is 29.6 Å². The molecule has 0 unspecified atom stereocenters. The van der Waals surface area contributed by atoms with E-state index >= 15 is 0 Å². The van der Waals surface area contributed by atoms with Gasteiger partial charge in [0.1, 0.15) is 17.7 Å². The minimum Gasteiger partial charge on any atom is -0.369 e. The van der Waals surface area contributed by atoms with Crippen LogP contribution in [0.3, 0.4) is 0 Å². The van der Waals surface area contributed by atoms with Crippen LogP contribution in [0.1, 0.15) is 32.0 Å². The molecule has 2 amide bonds. The summed E-state index contributed by atoms with van der Waals surface area (Å²) in [4.78, 5) is 12.1. The van der Waals surface area contributed by atoms with Crippen molar-refractivity contribution in [3.63, 3.8) is 0 Å². The van der Waals surface area contributed by atoms with Crippen LogP contribution in [0.4, 0.5) is 16.4 Å². The van der Waals surface area contributed by atoms with E-state index in [1.165, 1.54) is 0 Å². The van der Waals surface area contributed by atoms with Crippen molar-refractivity contribution in [2.24, 2.45) is 7.05 Å². The van der Waals surface area contributed by atoms with Gasteiger partial charge >= 0.3 is 6.03 Å². The van der Waals surface area contributed by atoms with Gasteiger partial charge in [0.2, 0.25) is 0 Å². The summed E-state index contributed by atoms with van der Waals surface area (Å²) in [5.41, 5.74) is 1.21. The SMILES string of the molecule is Cc1cc(NCCNC(=O)Nc2cc(C#N)cn2C(C)(C)C)n(C)n1. The maximum Gasteiger partial charge on any atom is 0.320 e. The second-order valence-electron chi connectivity index (χ2n) is 6.87. The minimum absolute atomic E-state index is 0.239. The summed E-state index contributed by atoms with van der Waals surface area (Å²) in [5.74, 6) is 1.50. The highest BCUT2D eigenvalue weighted by Crippen LogP contribution is 2.23. The van der Waals surface area contributed by atoms with Crippen LogP contribution in [0, 0.1) is 18.3 Å². The van der Waals surface area contributed by atoms with Crippen LogP contribution in [0.15, 0.2) is 18.3 Å². The Labute approximate surface area is 147 Å². The molecule has 2 aromatic heterocycles. The Morgan fingerprint density at radius 2 is 2.00 bits per heavy atom. The number of aromatic nitrogens is 3. The van der Waals surface area contributed by atoms with Gasteiger partial charge in [-0.05, 0) is 33.8 Å². The molecular formula is C17H25N7O. The summed E-state index contributed by atoms with van der Waals surface area (Å²) in [6.07, 6.45) is 1.74. The predicted octanol–water partition coefficient (Wildman–Crippen LogP) is 2.39. The Balaban J connectivity index is 1.87. The Kier molecular flexibility index (Phi) is 5.37. The molecule has 3 N–H and O–H groups in total. The fourth-order valence-electron chi connectivity index (χ4n) is 2.48. The van der Waals surface area contributed by atoms with Gasteiger partial charge in [0.25, 0.3) is 0 Å². The molecule has 2 aromatic rings. The molecule has 0 aliphatic heterocycles. The summed E-state index contributed by atoms with van der Waals surface area (Å²) >= 11 is 0. The van der Waals surface area contributed by atoms with Gasteiger partial charge in [-0.3, -0.25) is 10.00 Å². The number of anilines is 2. The number of hydrogen-bond acceptors (Lipinski definition) is 4. The molecular weight excluding hydrogens is 318 g/mol. The van der Waals surface area contributed by atoms with Crippen LogP contribution in [-0.4, -0.2) is 33.5 Å². The number of aryl methyl sites for hydroxylation is 2. The highest BCUT2D eigenvalue weighted by molar-refractivity contribution is 5.88. The molecule has 0 bridgehead atoms. The maximum absolute atomic E-state index is 12.1. The third-order valence-electron chi connectivity index (χ3n) is 3.63. The standard InChI is InChI=1S/C17H25N7O/c1-12-8-14(23(5)22-12)19-6-7-20-16(25)21-15-9-13(10-18)11-24(15)17(2,3)4/h8-9,11,19H,6-7H2,1-5H3,(H2,20,21,25). The quantitative estimate of drug-likeness (QED) is 0.726. The molecule has 0 aromatic carbocycles. The number of nitrogens with one attached hydrogen (secondary N) is 3. The van der Waals surface area contributed by atoms with Crippen LogP contribution in [-0.2, 0) is 12.6 Å². The van der Waals surface area contributed by atoms with E-state index in [1.807, 2.05) is 45.4 Å². The molecule has 2 heterocycles. The number of hydrogen-bond donors (Lipinski definition) is 3. The number of urea groups is 1. The molecule has 0 aliphatic rings. The molecule has 8 nitrogen and oxygen atoms in total. The van der Waals surface area contributed by atoms with Crippen molar-refractivity contribution < 1.29 is 4.79 Å². The zero-order valence-electron chi connectivity index (χ0n) is 15.3. The van der Waals surface area contributed by atoms with E-state index in [1.54, 1.807) is 16.9 Å². The number of carbonyl (C=O) groups is 1. The Bertz CT molecular complexity index is 789. The Hall–Kier alpha value is -2.95. The molecule has 0 atom stereocenters. The number of carbonyl (C=O) groups excluding carboxylic acids is 1. The first-order chi connectivity index (χ1) is 11.7. The molecule has 0 fully saturated rings. The van der Waals surface area contributed by atoms with Crippen LogP contribution in [0.5, 0.6) is 0 Å². The Morgan fingerprint density at radius 1 is 1.28 bits per heavy atom. The van der Waals surface area contributed by atoms with Crippen LogP contribution < -0.4 is 16.0 Å². The van der Waals surface area contributed by atoms with Crippen molar-refractivity contribution in [3.8, 4) is 6.07 Å². The van der Waals surface area contributed by atoms with E-state index in [4.69, 9.17) is 5.26 Å². The zero-order valence-corrected chi connectivity index (χ0v) is 15.3. The lowest BCUT2D eigenvalue weighted by molar-refractivity contribution is 0.252. The first-order valence-electron chi connectivity index (χ1n) is 8.13. The lowest BCUT2D eigenvalue weighted by Gasteiger charge is -2.24. The molecule has 25 heavy (non-hydrogen) atoms. The third kappa shape index (κ3) is 4.76. The molecule has 0 aliphatic carbocycles. The van der Waals surface area contributed by atoms with Gasteiger partial charge in [0.15, 0.2) is 0 Å². The summed E-state index contributed by atoms with van der Waals surface area (Å²) in [5, 5.41) is 22.1. The first kappa shape index (κ1) is 18.4. The van der Waals surface area contributed by atoms with Crippen LogP contribution >= 0.6 is 0 Å². The third-order valence-corrected chi connectivity index (χ3v) is 3.63. The predicted molar refractivity (Wildman–Crippen MR) is 97.6 cm³/mol. The summed E-state index contributed by atoms with van der Waals surface area (Å²) in [6.45, 7) is 9.00. The smallest absolute Gasteiger partial charge is 0.320 e. The van der Waals surface area contributed by atoms with Gasteiger partial charge in [-0.2, -0.15) is 10.4 Å². The maximum atomic E-state index is 12.1. The van der Waals surface area contributed by atoms with Crippen molar-refractivity contribution in [1.29, 1.82) is 5.26 Å². The summed E-state index contributed by atoms with van der Waals surface area (Å²) in [6, 6.07) is 5.40. The van der Waals surface area contributed by atoms with Gasteiger partial charge in [-0.1, -0.05) is 0 Å². The van der Waals surface area contributed by atoms with Gasteiger partial charge < -0.3 is 15.2 Å². The van der Waals surface area contributed by atoms with Crippen molar-refractivity contribution >= 4 is 17.7 Å². The largest absolute Gasteiger partial charge is 0.369 e. The Morgan fingerprint density at radius 3 is 2.56 bits per heavy atom. The van der Waals surface area contributed by atoms with Crippen molar-refractivity contribution in [2.45, 2.75) is 33.2 Å². The molecule has 0 spiro atoms. The summed E-state index contributed by atoms with van der Waals surface area (Å²) < 4.78 is 3.64. The highest BCUT2D eigenvalue weighted by atomic mass is 16.2. The lowest BCUT2D eigenvalue weighted by Crippen LogP contribution is -2.34. The first-order valence-corrected chi connectivity index (χ1v) is 8.13. The molecule has 134 valence electrons. The van der Waals surface area contributed by atoms with E-state index in [9.17, 15) is 4.79 Å². The van der Waals surface area contributed by atoms with E-state index in [2.05, 4.69) is 27.1 Å². The number of amides is 2. The second kappa shape index (κ2) is 7.30. The van der Waals surface area contributed by atoms with Crippen LogP contribution in [0.25, 0.3) is 0 Å².